The van der Waals surface area contributed by atoms with Crippen molar-refractivity contribution in [1.82, 2.24) is 16.0 Å². The molecule has 0 saturated carbocycles. The molecule has 5 rings (SSSR count). The van der Waals surface area contributed by atoms with E-state index in [4.69, 9.17) is 47.0 Å². The summed E-state index contributed by atoms with van der Waals surface area (Å²) in [4.78, 5) is 15.8. The Hall–Kier alpha value is -2.77. The molecule has 0 aliphatic carbocycles. The van der Waals surface area contributed by atoms with Gasteiger partial charge in [-0.25, -0.2) is 0 Å². The number of hydrogen-bond acceptors (Lipinski definition) is 3. The Kier molecular flexibility index (Phi) is 5.93. The molecule has 0 aromatic heterocycles. The zero-order valence-electron chi connectivity index (χ0n) is 17.0. The van der Waals surface area contributed by atoms with Gasteiger partial charge in [-0.15, -0.1) is 0 Å². The van der Waals surface area contributed by atoms with Gasteiger partial charge < -0.3 is 16.0 Å². The number of carbonyl (C=O) groups excluding carboxylic acids is 1. The lowest BCUT2D eigenvalue weighted by Crippen LogP contribution is -2.58. The fraction of sp³-hybridized carbons (Fsp3) is 0.0833. The van der Waals surface area contributed by atoms with Gasteiger partial charge in [0, 0.05) is 20.8 Å². The van der Waals surface area contributed by atoms with Crippen molar-refractivity contribution in [2.24, 2.45) is 0 Å². The molecule has 0 bridgehead atoms. The van der Waals surface area contributed by atoms with Crippen molar-refractivity contribution in [3.05, 3.63) is 110 Å². The van der Waals surface area contributed by atoms with Crippen LogP contribution in [0.3, 0.4) is 0 Å². The highest BCUT2D eigenvalue weighted by molar-refractivity contribution is 7.80. The number of anilines is 1. The number of thiocarbonyl (C=S) groups is 1. The number of benzene rings is 3. The molecule has 1 amide bonds. The summed E-state index contributed by atoms with van der Waals surface area (Å²) in [7, 11) is 0. The lowest BCUT2D eigenvalue weighted by atomic mass is 9.93. The van der Waals surface area contributed by atoms with E-state index in [-0.39, 0.29) is 5.91 Å². The fourth-order valence-corrected chi connectivity index (χ4v) is 4.61. The molecule has 33 heavy (non-hydrogen) atoms. The van der Waals surface area contributed by atoms with E-state index >= 15 is 0 Å². The second kappa shape index (κ2) is 8.88. The van der Waals surface area contributed by atoms with E-state index in [0.717, 1.165) is 11.1 Å². The first kappa shape index (κ1) is 22.0. The van der Waals surface area contributed by atoms with Crippen LogP contribution in [-0.2, 0) is 4.79 Å². The first-order valence-electron chi connectivity index (χ1n) is 10.1. The van der Waals surface area contributed by atoms with E-state index in [9.17, 15) is 4.79 Å². The third-order valence-corrected chi connectivity index (χ3v) is 6.53. The molecule has 3 N–H and O–H groups in total. The minimum absolute atomic E-state index is 0.173. The molecule has 3 aromatic rings. The molecule has 0 unspecified atom stereocenters. The third kappa shape index (κ3) is 4.27. The normalized spacial score (nSPS) is 20.0. The number of nitrogens with zero attached hydrogens (tertiary/aromatic N) is 1. The summed E-state index contributed by atoms with van der Waals surface area (Å²) in [6.45, 7) is 0. The monoisotopic (exact) mass is 514 g/mol. The van der Waals surface area contributed by atoms with Gasteiger partial charge in [-0.05, 0) is 71.9 Å². The van der Waals surface area contributed by atoms with Crippen molar-refractivity contribution in [2.75, 3.05) is 4.90 Å². The van der Waals surface area contributed by atoms with Gasteiger partial charge in [-0.3, -0.25) is 9.69 Å². The van der Waals surface area contributed by atoms with Gasteiger partial charge in [0.25, 0.3) is 5.91 Å². The maximum absolute atomic E-state index is 14.1. The lowest BCUT2D eigenvalue weighted by Gasteiger charge is -2.43. The average Bonchev–Trinajstić information content (AvgIpc) is 2.80. The Balaban J connectivity index is 1.65. The van der Waals surface area contributed by atoms with Crippen molar-refractivity contribution >= 4 is 63.7 Å². The Morgan fingerprint density at radius 2 is 1.24 bits per heavy atom. The average molecular weight is 516 g/mol. The molecule has 5 nitrogen and oxygen atoms in total. The molecule has 2 atom stereocenters. The maximum atomic E-state index is 14.1. The summed E-state index contributed by atoms with van der Waals surface area (Å²) in [5.41, 5.74) is 2.95. The number of amides is 1. The van der Waals surface area contributed by atoms with E-state index in [1.165, 1.54) is 0 Å². The Bertz CT molecular complexity index is 1260. The number of halogens is 3. The zero-order chi connectivity index (χ0) is 23.1. The standard InChI is InChI=1S/C24H17Cl3N4OS/c25-15-5-1-13(2-6-15)20-19-21(30-24(33)28-20)29-22(14-3-7-16(26)8-4-14)31(23(19)32)18-11-9-17(27)10-12-18/h1-12,20,22,29H,(H2,28,30,33)/t20-,22-/m1/s1. The van der Waals surface area contributed by atoms with Gasteiger partial charge in [0.05, 0.1) is 11.6 Å². The molecular weight excluding hydrogens is 499 g/mol. The van der Waals surface area contributed by atoms with E-state index in [1.807, 2.05) is 36.4 Å². The van der Waals surface area contributed by atoms with Gasteiger partial charge in [-0.1, -0.05) is 59.1 Å². The molecule has 0 fully saturated rings. The van der Waals surface area contributed by atoms with E-state index in [1.54, 1.807) is 41.3 Å². The minimum atomic E-state index is -0.492. The molecule has 9 heteroatoms. The minimum Gasteiger partial charge on any atom is -0.351 e. The van der Waals surface area contributed by atoms with Gasteiger partial charge in [0.1, 0.15) is 12.0 Å². The zero-order valence-corrected chi connectivity index (χ0v) is 20.1. The summed E-state index contributed by atoms with van der Waals surface area (Å²) in [6, 6.07) is 21.4. The number of hydrogen-bond donors (Lipinski definition) is 3. The SMILES string of the molecule is O=C1C2=C(NC(=S)N[C@@H]2c2ccc(Cl)cc2)N[C@@H](c2ccc(Cl)cc2)N1c1ccc(Cl)cc1. The first-order chi connectivity index (χ1) is 15.9. The second-order valence-electron chi connectivity index (χ2n) is 7.62. The van der Waals surface area contributed by atoms with Crippen molar-refractivity contribution < 1.29 is 4.79 Å². The molecule has 2 heterocycles. The van der Waals surface area contributed by atoms with Crippen LogP contribution in [0.15, 0.2) is 84.2 Å². The third-order valence-electron chi connectivity index (χ3n) is 5.55. The van der Waals surface area contributed by atoms with Crippen molar-refractivity contribution in [2.45, 2.75) is 12.2 Å². The quantitative estimate of drug-likeness (QED) is 0.390. The van der Waals surface area contributed by atoms with Crippen molar-refractivity contribution in [3.63, 3.8) is 0 Å². The Morgan fingerprint density at radius 1 is 0.727 bits per heavy atom. The molecule has 0 saturated heterocycles. The second-order valence-corrected chi connectivity index (χ2v) is 9.34. The molecule has 2 aliphatic heterocycles. The topological polar surface area (TPSA) is 56.4 Å². The van der Waals surface area contributed by atoms with Crippen LogP contribution in [0, 0.1) is 0 Å². The Labute approximate surface area is 211 Å². The van der Waals surface area contributed by atoms with Crippen LogP contribution in [0.1, 0.15) is 23.3 Å². The molecule has 0 spiro atoms. The van der Waals surface area contributed by atoms with Crippen LogP contribution in [0.5, 0.6) is 0 Å². The van der Waals surface area contributed by atoms with Crippen LogP contribution >= 0.6 is 47.0 Å². The molecule has 166 valence electrons. The van der Waals surface area contributed by atoms with E-state index in [2.05, 4.69) is 16.0 Å². The van der Waals surface area contributed by atoms with Crippen LogP contribution < -0.4 is 20.9 Å². The summed E-state index contributed by atoms with van der Waals surface area (Å²) >= 11 is 23.7. The van der Waals surface area contributed by atoms with Gasteiger partial charge >= 0.3 is 0 Å². The fourth-order valence-electron chi connectivity index (χ4n) is 4.01. The van der Waals surface area contributed by atoms with Crippen LogP contribution in [-0.4, -0.2) is 11.0 Å². The smallest absolute Gasteiger partial charge is 0.262 e. The van der Waals surface area contributed by atoms with E-state index < -0.39 is 12.2 Å². The summed E-state index contributed by atoms with van der Waals surface area (Å²) in [5, 5.41) is 12.0. The summed E-state index contributed by atoms with van der Waals surface area (Å²) < 4.78 is 0. The molecule has 0 radical (unpaired) electrons. The van der Waals surface area contributed by atoms with Crippen molar-refractivity contribution in [3.8, 4) is 0 Å². The first-order valence-corrected chi connectivity index (χ1v) is 11.6. The largest absolute Gasteiger partial charge is 0.351 e. The predicted octanol–water partition coefficient (Wildman–Crippen LogP) is 5.71. The molecule has 2 aliphatic rings. The highest BCUT2D eigenvalue weighted by atomic mass is 35.5. The van der Waals surface area contributed by atoms with E-state index in [0.29, 0.717) is 37.3 Å². The number of carbonyl (C=O) groups is 1. The highest BCUT2D eigenvalue weighted by Crippen LogP contribution is 2.38. The maximum Gasteiger partial charge on any atom is 0.262 e. The lowest BCUT2D eigenvalue weighted by molar-refractivity contribution is -0.116. The van der Waals surface area contributed by atoms with Gasteiger partial charge in [0.15, 0.2) is 5.11 Å². The number of rotatable bonds is 3. The van der Waals surface area contributed by atoms with Crippen LogP contribution in [0.25, 0.3) is 0 Å². The number of nitrogens with one attached hydrogen (secondary N) is 3. The van der Waals surface area contributed by atoms with Gasteiger partial charge in [-0.2, -0.15) is 0 Å². The summed E-state index contributed by atoms with van der Waals surface area (Å²) in [6.07, 6.45) is -0.492. The molecular formula is C24H17Cl3N4OS. The van der Waals surface area contributed by atoms with Crippen molar-refractivity contribution in [1.29, 1.82) is 0 Å². The Morgan fingerprint density at radius 3 is 1.82 bits per heavy atom. The van der Waals surface area contributed by atoms with Crippen LogP contribution in [0.2, 0.25) is 15.1 Å². The predicted molar refractivity (Wildman–Crippen MR) is 136 cm³/mol. The summed E-state index contributed by atoms with van der Waals surface area (Å²) in [5.74, 6) is 0.391. The van der Waals surface area contributed by atoms with Gasteiger partial charge in [0.2, 0.25) is 0 Å². The molecule has 3 aromatic carbocycles. The highest BCUT2D eigenvalue weighted by Gasteiger charge is 2.42. The van der Waals surface area contributed by atoms with Crippen LogP contribution in [0.4, 0.5) is 5.69 Å².